The van der Waals surface area contributed by atoms with Crippen molar-refractivity contribution in [3.05, 3.63) is 101 Å². The largest absolute Gasteiger partial charge is 0.490 e. The Morgan fingerprint density at radius 3 is 2.76 bits per heavy atom. The van der Waals surface area contributed by atoms with E-state index in [1.807, 2.05) is 64.2 Å². The van der Waals surface area contributed by atoms with Crippen LogP contribution in [0.3, 0.4) is 0 Å². The molecule has 4 heterocycles. The number of nitrogens with zero attached hydrogens (tertiary/aromatic N) is 4. The summed E-state index contributed by atoms with van der Waals surface area (Å²) in [5, 5.41) is 18.4. The van der Waals surface area contributed by atoms with Gasteiger partial charge in [-0.2, -0.15) is 0 Å². The maximum absolute atomic E-state index is 13.4. The number of hydrogen-bond donors (Lipinski definition) is 1. The van der Waals surface area contributed by atoms with Crippen molar-refractivity contribution >= 4 is 22.9 Å². The van der Waals surface area contributed by atoms with Crippen LogP contribution in [0, 0.1) is 0 Å². The summed E-state index contributed by atoms with van der Waals surface area (Å²) in [6, 6.07) is 19.4. The molecular formula is C30H28N4O4. The van der Waals surface area contributed by atoms with Crippen molar-refractivity contribution in [1.82, 2.24) is 19.9 Å². The molecule has 1 N–H and O–H groups in total. The van der Waals surface area contributed by atoms with Crippen molar-refractivity contribution in [1.29, 1.82) is 0 Å². The zero-order chi connectivity index (χ0) is 26.1. The first-order chi connectivity index (χ1) is 18.5. The molecule has 0 fully saturated rings. The van der Waals surface area contributed by atoms with Gasteiger partial charge >= 0.3 is 5.97 Å². The van der Waals surface area contributed by atoms with Gasteiger partial charge in [0.05, 0.1) is 11.9 Å². The minimum Gasteiger partial charge on any atom is -0.490 e. The molecule has 3 aromatic carbocycles. The standard InChI is InChI=1S/C30H28N4O4/c35-29(36)18-26-21-8-7-20-11-13-33(19-24(20)15-21)30(37)23-5-4-6-25(16-23)38-14-3-1-2-12-34-28-10-9-22(26)17-27(28)31-32-34/h1,3-10,15-17,26H,2,11-14,18-19H2,(H,35,36)/b3-1+. The summed E-state index contributed by atoms with van der Waals surface area (Å²) in [6.07, 6.45) is 5.47. The number of aryl methyl sites for hydroxylation is 1. The highest BCUT2D eigenvalue weighted by atomic mass is 16.5. The number of amides is 1. The lowest BCUT2D eigenvalue weighted by Gasteiger charge is -2.30. The number of aliphatic carboxylic acids is 1. The van der Waals surface area contributed by atoms with Crippen LogP contribution in [0.2, 0.25) is 0 Å². The molecule has 0 aliphatic carbocycles. The number of allylic oxidation sites excluding steroid dienone is 1. The van der Waals surface area contributed by atoms with E-state index >= 15 is 0 Å². The predicted molar refractivity (Wildman–Crippen MR) is 142 cm³/mol. The number of fused-ring (bicyclic) bond motifs is 5. The molecule has 1 aromatic heterocycles. The van der Waals surface area contributed by atoms with Crippen LogP contribution in [0.1, 0.15) is 51.4 Å². The zero-order valence-corrected chi connectivity index (χ0v) is 20.9. The molecule has 0 saturated heterocycles. The van der Waals surface area contributed by atoms with Gasteiger partial charge in [-0.15, -0.1) is 5.10 Å². The van der Waals surface area contributed by atoms with Crippen molar-refractivity contribution in [2.75, 3.05) is 13.2 Å². The van der Waals surface area contributed by atoms with Crippen molar-refractivity contribution in [3.63, 3.8) is 0 Å². The summed E-state index contributed by atoms with van der Waals surface area (Å²) in [6.45, 7) is 2.17. The zero-order valence-electron chi connectivity index (χ0n) is 20.9. The second-order valence-electron chi connectivity index (χ2n) is 9.81. The van der Waals surface area contributed by atoms with Crippen molar-refractivity contribution < 1.29 is 19.4 Å². The van der Waals surface area contributed by atoms with Crippen LogP contribution in [0.25, 0.3) is 11.0 Å². The van der Waals surface area contributed by atoms with Gasteiger partial charge in [0.2, 0.25) is 0 Å². The molecule has 192 valence electrons. The first-order valence-corrected chi connectivity index (χ1v) is 12.9. The van der Waals surface area contributed by atoms with E-state index in [1.165, 1.54) is 5.56 Å². The molecule has 7 rings (SSSR count). The van der Waals surface area contributed by atoms with Crippen LogP contribution in [-0.4, -0.2) is 50.0 Å². The quantitative estimate of drug-likeness (QED) is 0.398. The van der Waals surface area contributed by atoms with Crippen LogP contribution in [-0.2, 0) is 24.3 Å². The van der Waals surface area contributed by atoms with E-state index < -0.39 is 5.97 Å². The second kappa shape index (κ2) is 10.1. The fourth-order valence-electron chi connectivity index (χ4n) is 5.37. The fourth-order valence-corrected chi connectivity index (χ4v) is 5.37. The van der Waals surface area contributed by atoms with Gasteiger partial charge in [0, 0.05) is 31.1 Å². The molecular weight excluding hydrogens is 480 g/mol. The number of rotatable bonds is 2. The summed E-state index contributed by atoms with van der Waals surface area (Å²) in [5.41, 5.74) is 6.28. The molecule has 3 aliphatic heterocycles. The molecule has 4 aromatic rings. The average Bonchev–Trinajstić information content (AvgIpc) is 3.34. The first-order valence-electron chi connectivity index (χ1n) is 12.9. The minimum atomic E-state index is -0.868. The first kappa shape index (κ1) is 23.9. The Hall–Kier alpha value is -4.46. The number of carboxylic acids is 1. The van der Waals surface area contributed by atoms with Gasteiger partial charge in [0.1, 0.15) is 17.9 Å². The Morgan fingerprint density at radius 1 is 1.00 bits per heavy atom. The molecule has 3 aliphatic rings. The SMILES string of the molecule is O=C(O)CC1c2ccc3c(c2)CN(CC3)C(=O)c2cccc(c2)OC/C=C/CCn2nnc3cc1ccc32. The van der Waals surface area contributed by atoms with Crippen LogP contribution < -0.4 is 4.74 Å². The topological polar surface area (TPSA) is 97.6 Å². The Morgan fingerprint density at radius 2 is 1.87 bits per heavy atom. The lowest BCUT2D eigenvalue weighted by atomic mass is 9.85. The molecule has 1 atom stereocenters. The van der Waals surface area contributed by atoms with E-state index in [1.54, 1.807) is 6.07 Å². The molecule has 9 bridgehead atoms. The lowest BCUT2D eigenvalue weighted by Crippen LogP contribution is -2.36. The highest BCUT2D eigenvalue weighted by Gasteiger charge is 2.25. The van der Waals surface area contributed by atoms with Gasteiger partial charge in [-0.05, 0) is 65.4 Å². The van der Waals surface area contributed by atoms with Crippen molar-refractivity contribution in [3.8, 4) is 5.75 Å². The Bertz CT molecular complexity index is 1560. The van der Waals surface area contributed by atoms with E-state index in [-0.39, 0.29) is 18.2 Å². The van der Waals surface area contributed by atoms with E-state index in [0.29, 0.717) is 37.6 Å². The maximum Gasteiger partial charge on any atom is 0.304 e. The Labute approximate surface area is 220 Å². The molecule has 38 heavy (non-hydrogen) atoms. The second-order valence-corrected chi connectivity index (χ2v) is 9.81. The third-order valence-electron chi connectivity index (χ3n) is 7.35. The molecule has 0 radical (unpaired) electrons. The molecule has 1 unspecified atom stereocenters. The summed E-state index contributed by atoms with van der Waals surface area (Å²) in [4.78, 5) is 27.1. The monoisotopic (exact) mass is 508 g/mol. The smallest absolute Gasteiger partial charge is 0.304 e. The lowest BCUT2D eigenvalue weighted by molar-refractivity contribution is -0.137. The van der Waals surface area contributed by atoms with Crippen LogP contribution in [0.4, 0.5) is 0 Å². The van der Waals surface area contributed by atoms with Gasteiger partial charge in [0.15, 0.2) is 0 Å². The number of carbonyl (C=O) groups is 2. The van der Waals surface area contributed by atoms with E-state index in [0.717, 1.165) is 40.6 Å². The maximum atomic E-state index is 13.4. The van der Waals surface area contributed by atoms with E-state index in [2.05, 4.69) is 22.4 Å². The van der Waals surface area contributed by atoms with Crippen molar-refractivity contribution in [2.24, 2.45) is 0 Å². The summed E-state index contributed by atoms with van der Waals surface area (Å²) in [5.74, 6) is -0.597. The highest BCUT2D eigenvalue weighted by molar-refractivity contribution is 5.94. The third-order valence-corrected chi connectivity index (χ3v) is 7.35. The average molecular weight is 509 g/mol. The molecule has 8 nitrogen and oxygen atoms in total. The van der Waals surface area contributed by atoms with Crippen LogP contribution in [0.5, 0.6) is 5.75 Å². The normalized spacial score (nSPS) is 18.4. The summed E-state index contributed by atoms with van der Waals surface area (Å²) < 4.78 is 7.74. The number of carbonyl (C=O) groups excluding carboxylic acids is 1. The minimum absolute atomic E-state index is 0.0390. The van der Waals surface area contributed by atoms with Gasteiger partial charge in [-0.1, -0.05) is 47.7 Å². The molecule has 1 amide bonds. The fraction of sp³-hybridized carbons (Fsp3) is 0.267. The number of hydrogen-bond acceptors (Lipinski definition) is 5. The van der Waals surface area contributed by atoms with Gasteiger partial charge in [0.25, 0.3) is 5.91 Å². The summed E-state index contributed by atoms with van der Waals surface area (Å²) in [7, 11) is 0. The van der Waals surface area contributed by atoms with E-state index in [9.17, 15) is 14.7 Å². The van der Waals surface area contributed by atoms with Crippen LogP contribution in [0.15, 0.2) is 72.8 Å². The van der Waals surface area contributed by atoms with Crippen LogP contribution >= 0.6 is 0 Å². The Balaban J connectivity index is 1.42. The predicted octanol–water partition coefficient (Wildman–Crippen LogP) is 4.58. The number of ether oxygens (including phenoxy) is 1. The number of aromatic nitrogens is 3. The number of benzene rings is 3. The molecule has 0 saturated carbocycles. The summed E-state index contributed by atoms with van der Waals surface area (Å²) >= 11 is 0. The van der Waals surface area contributed by atoms with Gasteiger partial charge in [-0.25, -0.2) is 4.68 Å². The highest BCUT2D eigenvalue weighted by Crippen LogP contribution is 2.33. The third kappa shape index (κ3) is 4.77. The number of carboxylic acid groups (broad SMARTS) is 1. The molecule has 0 spiro atoms. The van der Waals surface area contributed by atoms with Gasteiger partial charge in [-0.3, -0.25) is 9.59 Å². The van der Waals surface area contributed by atoms with E-state index in [4.69, 9.17) is 4.74 Å². The molecule has 8 heteroatoms. The van der Waals surface area contributed by atoms with Gasteiger partial charge < -0.3 is 14.7 Å². The Kier molecular flexibility index (Phi) is 6.37. The van der Waals surface area contributed by atoms with Crippen molar-refractivity contribution in [2.45, 2.75) is 38.3 Å².